The molecule has 0 amide bonds. The van der Waals surface area contributed by atoms with Gasteiger partial charge in [-0.2, -0.15) is 0 Å². The van der Waals surface area contributed by atoms with Gasteiger partial charge in [0.2, 0.25) is 0 Å². The second kappa shape index (κ2) is 4.25. The molecule has 0 saturated carbocycles. The van der Waals surface area contributed by atoms with Gasteiger partial charge >= 0.3 is 0 Å². The third kappa shape index (κ3) is 2.13. The molecule has 1 fully saturated rings. The van der Waals surface area contributed by atoms with Crippen molar-refractivity contribution in [1.29, 1.82) is 0 Å². The van der Waals surface area contributed by atoms with Crippen molar-refractivity contribution >= 4 is 0 Å². The highest BCUT2D eigenvalue weighted by atomic mass is 15.2. The summed E-state index contributed by atoms with van der Waals surface area (Å²) in [4.78, 5) is 2.48. The SMILES string of the molecule is C#CNCC1CCCN1CC. The molecule has 1 rings (SSSR count). The van der Waals surface area contributed by atoms with Crippen molar-refractivity contribution in [3.05, 3.63) is 0 Å². The van der Waals surface area contributed by atoms with E-state index < -0.39 is 0 Å². The first kappa shape index (κ1) is 8.42. The first-order valence-corrected chi connectivity index (χ1v) is 4.31. The fourth-order valence-corrected chi connectivity index (χ4v) is 1.72. The molecule has 1 atom stereocenters. The fraction of sp³-hybridized carbons (Fsp3) is 0.778. The third-order valence-corrected chi connectivity index (χ3v) is 2.35. The predicted molar refractivity (Wildman–Crippen MR) is 47.1 cm³/mol. The van der Waals surface area contributed by atoms with Crippen molar-refractivity contribution in [3.63, 3.8) is 0 Å². The maximum Gasteiger partial charge on any atom is 0.0385 e. The summed E-state index contributed by atoms with van der Waals surface area (Å²) in [5, 5.41) is 2.94. The van der Waals surface area contributed by atoms with E-state index in [1.165, 1.54) is 19.4 Å². The maximum atomic E-state index is 5.11. The van der Waals surface area contributed by atoms with Crippen LogP contribution in [0.2, 0.25) is 0 Å². The number of hydrogen-bond donors (Lipinski definition) is 1. The van der Waals surface area contributed by atoms with Crippen LogP contribution in [0.15, 0.2) is 0 Å². The second-order valence-corrected chi connectivity index (χ2v) is 2.95. The number of likely N-dealkylation sites (N-methyl/N-ethyl adjacent to an activating group) is 1. The first-order valence-electron chi connectivity index (χ1n) is 4.31. The molecular formula is C9H16N2. The van der Waals surface area contributed by atoms with Crippen LogP contribution in [0.1, 0.15) is 19.8 Å². The van der Waals surface area contributed by atoms with E-state index in [0.717, 1.165) is 13.1 Å². The number of likely N-dealkylation sites (tertiary alicyclic amines) is 1. The summed E-state index contributed by atoms with van der Waals surface area (Å²) in [5.41, 5.74) is 0. The Morgan fingerprint density at radius 2 is 2.55 bits per heavy atom. The maximum absolute atomic E-state index is 5.11. The highest BCUT2D eigenvalue weighted by Crippen LogP contribution is 2.15. The number of nitrogens with one attached hydrogen (secondary N) is 1. The fourth-order valence-electron chi connectivity index (χ4n) is 1.72. The molecule has 0 aromatic carbocycles. The minimum Gasteiger partial charge on any atom is -0.345 e. The minimum atomic E-state index is 0.677. The lowest BCUT2D eigenvalue weighted by Gasteiger charge is -2.21. The van der Waals surface area contributed by atoms with Gasteiger partial charge in [0.1, 0.15) is 0 Å². The van der Waals surface area contributed by atoms with E-state index in [4.69, 9.17) is 6.42 Å². The van der Waals surface area contributed by atoms with Crippen molar-refractivity contribution in [2.24, 2.45) is 0 Å². The summed E-state index contributed by atoms with van der Waals surface area (Å²) < 4.78 is 0. The molecular weight excluding hydrogens is 136 g/mol. The predicted octanol–water partition coefficient (Wildman–Crippen LogP) is 0.651. The summed E-state index contributed by atoms with van der Waals surface area (Å²) in [6.07, 6.45) is 7.73. The summed E-state index contributed by atoms with van der Waals surface area (Å²) in [7, 11) is 0. The van der Waals surface area contributed by atoms with Crippen LogP contribution in [-0.2, 0) is 0 Å². The average Bonchev–Trinajstić information content (AvgIpc) is 2.47. The summed E-state index contributed by atoms with van der Waals surface area (Å²) >= 11 is 0. The number of rotatable bonds is 3. The standard InChI is InChI=1S/C9H16N2/c1-3-10-8-9-6-5-7-11(9)4-2/h1,9-10H,4-8H2,2H3. The van der Waals surface area contributed by atoms with Crippen LogP contribution in [0.4, 0.5) is 0 Å². The van der Waals surface area contributed by atoms with E-state index in [-0.39, 0.29) is 0 Å². The van der Waals surface area contributed by atoms with E-state index >= 15 is 0 Å². The Bertz CT molecular complexity index is 148. The number of terminal acetylenes is 1. The zero-order valence-corrected chi connectivity index (χ0v) is 7.14. The van der Waals surface area contributed by atoms with Crippen LogP contribution in [0.5, 0.6) is 0 Å². The quantitative estimate of drug-likeness (QED) is 0.472. The Labute approximate surface area is 69.0 Å². The molecule has 2 heteroatoms. The Morgan fingerprint density at radius 1 is 1.73 bits per heavy atom. The van der Waals surface area contributed by atoms with Crippen molar-refractivity contribution in [2.75, 3.05) is 19.6 Å². The van der Waals surface area contributed by atoms with Gasteiger partial charge < -0.3 is 5.32 Å². The molecule has 1 aliphatic rings. The van der Waals surface area contributed by atoms with E-state index in [1.54, 1.807) is 0 Å². The average molecular weight is 152 g/mol. The summed E-state index contributed by atoms with van der Waals surface area (Å²) in [5.74, 6) is 0. The monoisotopic (exact) mass is 152 g/mol. The molecule has 0 aromatic rings. The van der Waals surface area contributed by atoms with E-state index in [9.17, 15) is 0 Å². The van der Waals surface area contributed by atoms with Gasteiger partial charge in [0, 0.05) is 18.6 Å². The Balaban J connectivity index is 2.27. The van der Waals surface area contributed by atoms with Crippen molar-refractivity contribution < 1.29 is 0 Å². The van der Waals surface area contributed by atoms with Gasteiger partial charge in [0.15, 0.2) is 0 Å². The van der Waals surface area contributed by atoms with E-state index in [0.29, 0.717) is 6.04 Å². The lowest BCUT2D eigenvalue weighted by Crippen LogP contribution is -2.36. The van der Waals surface area contributed by atoms with Gasteiger partial charge in [-0.25, -0.2) is 0 Å². The zero-order valence-electron chi connectivity index (χ0n) is 7.14. The minimum absolute atomic E-state index is 0.677. The van der Waals surface area contributed by atoms with Crippen LogP contribution >= 0.6 is 0 Å². The lowest BCUT2D eigenvalue weighted by molar-refractivity contribution is 0.266. The number of hydrogen-bond acceptors (Lipinski definition) is 2. The molecule has 1 saturated heterocycles. The normalized spacial score (nSPS) is 24.9. The highest BCUT2D eigenvalue weighted by molar-refractivity contribution is 4.86. The van der Waals surface area contributed by atoms with Crippen LogP contribution < -0.4 is 5.32 Å². The molecule has 1 aliphatic heterocycles. The van der Waals surface area contributed by atoms with Gasteiger partial charge in [0.05, 0.1) is 0 Å². The Hall–Kier alpha value is -0.680. The molecule has 1 heterocycles. The van der Waals surface area contributed by atoms with Crippen molar-refractivity contribution in [2.45, 2.75) is 25.8 Å². The smallest absolute Gasteiger partial charge is 0.0385 e. The molecule has 0 spiro atoms. The Kier molecular flexibility index (Phi) is 3.25. The van der Waals surface area contributed by atoms with Gasteiger partial charge in [-0.3, -0.25) is 4.90 Å². The van der Waals surface area contributed by atoms with Gasteiger partial charge in [0.25, 0.3) is 0 Å². The van der Waals surface area contributed by atoms with Crippen molar-refractivity contribution in [1.82, 2.24) is 10.2 Å². The van der Waals surface area contributed by atoms with E-state index in [1.807, 2.05) is 0 Å². The summed E-state index contributed by atoms with van der Waals surface area (Å²) in [6, 6.07) is 3.14. The van der Waals surface area contributed by atoms with Crippen LogP contribution in [0, 0.1) is 12.5 Å². The molecule has 2 nitrogen and oxygen atoms in total. The molecule has 11 heavy (non-hydrogen) atoms. The molecule has 0 aromatic heterocycles. The van der Waals surface area contributed by atoms with Crippen LogP contribution in [0.25, 0.3) is 0 Å². The van der Waals surface area contributed by atoms with Gasteiger partial charge in [-0.15, -0.1) is 0 Å². The number of nitrogens with zero attached hydrogens (tertiary/aromatic N) is 1. The second-order valence-electron chi connectivity index (χ2n) is 2.95. The third-order valence-electron chi connectivity index (χ3n) is 2.35. The first-order chi connectivity index (χ1) is 5.38. The van der Waals surface area contributed by atoms with Crippen LogP contribution in [-0.4, -0.2) is 30.6 Å². The van der Waals surface area contributed by atoms with E-state index in [2.05, 4.69) is 23.2 Å². The van der Waals surface area contributed by atoms with Gasteiger partial charge in [-0.05, 0) is 25.9 Å². The molecule has 1 N–H and O–H groups in total. The molecule has 0 radical (unpaired) electrons. The zero-order chi connectivity index (χ0) is 8.10. The largest absolute Gasteiger partial charge is 0.345 e. The molecule has 1 unspecified atom stereocenters. The topological polar surface area (TPSA) is 15.3 Å². The lowest BCUT2D eigenvalue weighted by atomic mass is 10.2. The molecule has 0 bridgehead atoms. The Morgan fingerprint density at radius 3 is 3.18 bits per heavy atom. The van der Waals surface area contributed by atoms with Crippen molar-refractivity contribution in [3.8, 4) is 12.5 Å². The summed E-state index contributed by atoms with van der Waals surface area (Å²) in [6.45, 7) is 5.54. The molecule has 0 aliphatic carbocycles. The highest BCUT2D eigenvalue weighted by Gasteiger charge is 2.21. The molecule has 62 valence electrons. The van der Waals surface area contributed by atoms with Gasteiger partial charge in [-0.1, -0.05) is 13.3 Å². The van der Waals surface area contributed by atoms with Crippen LogP contribution in [0.3, 0.4) is 0 Å².